The summed E-state index contributed by atoms with van der Waals surface area (Å²) in [5, 5.41) is 0. The van der Waals surface area contributed by atoms with E-state index in [2.05, 4.69) is 28.2 Å². The lowest BCUT2D eigenvalue weighted by atomic mass is 9.93. The fraction of sp³-hybridized carbons (Fsp3) is 0.308. The highest BCUT2D eigenvalue weighted by Crippen LogP contribution is 2.27. The van der Waals surface area contributed by atoms with Crippen molar-refractivity contribution in [3.8, 4) is 11.1 Å². The maximum atomic E-state index is 13.4. The molecule has 2 aromatic carbocycles. The molecule has 0 saturated carbocycles. The lowest BCUT2D eigenvalue weighted by molar-refractivity contribution is -0.139. The molecule has 0 N–H and O–H groups in total. The largest absolute Gasteiger partial charge is 0.347 e. The monoisotopic (exact) mass is 443 g/mol. The number of aromatic nitrogens is 2. The number of nitrogens with zero attached hydrogens (tertiary/aromatic N) is 5. The van der Waals surface area contributed by atoms with Crippen molar-refractivity contribution in [1.29, 1.82) is 0 Å². The summed E-state index contributed by atoms with van der Waals surface area (Å²) in [5.41, 5.74) is 3.59. The van der Waals surface area contributed by atoms with Crippen LogP contribution in [-0.2, 0) is 11.2 Å². The van der Waals surface area contributed by atoms with E-state index in [4.69, 9.17) is 0 Å². The molecule has 170 valence electrons. The number of benzene rings is 2. The van der Waals surface area contributed by atoms with Crippen LogP contribution in [0.3, 0.4) is 0 Å². The number of piperazine rings is 1. The number of carbonyl (C=O) groups excluding carboxylic acids is 2. The fourth-order valence-corrected chi connectivity index (χ4v) is 4.23. The topological polar surface area (TPSA) is 69.6 Å². The van der Waals surface area contributed by atoms with Gasteiger partial charge >= 0.3 is 0 Å². The van der Waals surface area contributed by atoms with E-state index in [1.807, 2.05) is 62.3 Å². The second-order valence-electron chi connectivity index (χ2n) is 8.33. The molecule has 2 amide bonds. The summed E-state index contributed by atoms with van der Waals surface area (Å²) in [5.74, 6) is 0.296. The second-order valence-corrected chi connectivity index (χ2v) is 8.33. The van der Waals surface area contributed by atoms with Gasteiger partial charge in [-0.05, 0) is 23.6 Å². The average Bonchev–Trinajstić information content (AvgIpc) is 2.85. The second kappa shape index (κ2) is 9.81. The van der Waals surface area contributed by atoms with E-state index < -0.39 is 6.04 Å². The van der Waals surface area contributed by atoms with Crippen LogP contribution in [0.4, 0.5) is 5.95 Å². The number of likely N-dealkylation sites (N-methyl/N-ethyl adjacent to an activating group) is 1. The van der Waals surface area contributed by atoms with Crippen molar-refractivity contribution in [3.63, 3.8) is 0 Å². The minimum absolute atomic E-state index is 0.0224. The van der Waals surface area contributed by atoms with Crippen LogP contribution in [-0.4, -0.2) is 71.4 Å². The maximum Gasteiger partial charge on any atom is 0.257 e. The van der Waals surface area contributed by atoms with E-state index in [9.17, 15) is 9.59 Å². The lowest BCUT2D eigenvalue weighted by Gasteiger charge is -2.40. The van der Waals surface area contributed by atoms with Gasteiger partial charge < -0.3 is 14.7 Å². The zero-order valence-corrected chi connectivity index (χ0v) is 19.3. The molecular formula is C26H29N5O2. The Balaban J connectivity index is 1.66. The van der Waals surface area contributed by atoms with Gasteiger partial charge in [0.25, 0.3) is 5.91 Å². The van der Waals surface area contributed by atoms with Crippen LogP contribution < -0.4 is 4.90 Å². The van der Waals surface area contributed by atoms with Crippen LogP contribution in [0.5, 0.6) is 0 Å². The maximum absolute atomic E-state index is 13.4. The van der Waals surface area contributed by atoms with Gasteiger partial charge in [0.15, 0.2) is 0 Å². The van der Waals surface area contributed by atoms with Crippen LogP contribution in [0.2, 0.25) is 0 Å². The minimum atomic E-state index is -0.579. The lowest BCUT2D eigenvalue weighted by Crippen LogP contribution is -2.59. The molecule has 1 aliphatic heterocycles. The van der Waals surface area contributed by atoms with E-state index in [1.54, 1.807) is 9.80 Å². The number of hydrogen-bond acceptors (Lipinski definition) is 5. The van der Waals surface area contributed by atoms with Crippen LogP contribution in [0.1, 0.15) is 22.8 Å². The molecule has 33 heavy (non-hydrogen) atoms. The first-order valence-electron chi connectivity index (χ1n) is 11.2. The Hall–Kier alpha value is -3.74. The number of amides is 2. The van der Waals surface area contributed by atoms with Crippen molar-refractivity contribution in [1.82, 2.24) is 19.8 Å². The predicted molar refractivity (Wildman–Crippen MR) is 129 cm³/mol. The summed E-state index contributed by atoms with van der Waals surface area (Å²) >= 11 is 0. The molecular weight excluding hydrogens is 414 g/mol. The Bertz CT molecular complexity index is 1120. The molecule has 1 fully saturated rings. The highest BCUT2D eigenvalue weighted by molar-refractivity contribution is 5.98. The average molecular weight is 444 g/mol. The van der Waals surface area contributed by atoms with Crippen LogP contribution >= 0.6 is 0 Å². The Morgan fingerprint density at radius 3 is 2.33 bits per heavy atom. The normalized spacial score (nSPS) is 16.1. The summed E-state index contributed by atoms with van der Waals surface area (Å²) in [6.45, 7) is 3.59. The zero-order chi connectivity index (χ0) is 23.4. The molecule has 0 bridgehead atoms. The van der Waals surface area contributed by atoms with E-state index in [1.165, 1.54) is 12.4 Å². The fourth-order valence-electron chi connectivity index (χ4n) is 4.23. The molecule has 1 aliphatic rings. The predicted octanol–water partition coefficient (Wildman–Crippen LogP) is 3.13. The minimum Gasteiger partial charge on any atom is -0.347 e. The van der Waals surface area contributed by atoms with Gasteiger partial charge in [0.1, 0.15) is 6.04 Å². The molecule has 1 aromatic heterocycles. The van der Waals surface area contributed by atoms with E-state index in [-0.39, 0.29) is 11.8 Å². The summed E-state index contributed by atoms with van der Waals surface area (Å²) in [4.78, 5) is 40.7. The highest BCUT2D eigenvalue weighted by atomic mass is 16.2. The van der Waals surface area contributed by atoms with Gasteiger partial charge in [0.05, 0.1) is 5.56 Å². The Labute approximate surface area is 194 Å². The molecule has 4 rings (SSSR count). The van der Waals surface area contributed by atoms with Crippen molar-refractivity contribution < 1.29 is 9.59 Å². The molecule has 0 unspecified atom stereocenters. The standard InChI is InChI=1S/C26H29N5O2/c1-4-30-14-15-31(24(32)21-17-27-26(28-18-21)29(2)3)23(25(30)33)16-20-12-8-9-13-22(20)19-10-6-5-7-11-19/h5-13,17-18,23H,4,14-16H2,1-3H3/t23-/m1/s1. The Morgan fingerprint density at radius 2 is 1.67 bits per heavy atom. The van der Waals surface area contributed by atoms with Gasteiger partial charge in [-0.15, -0.1) is 0 Å². The highest BCUT2D eigenvalue weighted by Gasteiger charge is 2.37. The number of anilines is 1. The number of carbonyl (C=O) groups is 2. The molecule has 0 aliphatic carbocycles. The third-order valence-corrected chi connectivity index (χ3v) is 6.03. The van der Waals surface area contributed by atoms with Crippen molar-refractivity contribution in [2.45, 2.75) is 19.4 Å². The van der Waals surface area contributed by atoms with Crippen LogP contribution in [0, 0.1) is 0 Å². The van der Waals surface area contributed by atoms with Crippen LogP contribution in [0.25, 0.3) is 11.1 Å². The SMILES string of the molecule is CCN1CCN(C(=O)c2cnc(N(C)C)nc2)[C@H](Cc2ccccc2-c2ccccc2)C1=O. The van der Waals surface area contributed by atoms with Crippen molar-refractivity contribution >= 4 is 17.8 Å². The van der Waals surface area contributed by atoms with Crippen LogP contribution in [0.15, 0.2) is 67.0 Å². The molecule has 7 nitrogen and oxygen atoms in total. The smallest absolute Gasteiger partial charge is 0.257 e. The van der Waals surface area contributed by atoms with Gasteiger partial charge in [-0.1, -0.05) is 54.6 Å². The summed E-state index contributed by atoms with van der Waals surface area (Å²) in [6.07, 6.45) is 3.52. The van der Waals surface area contributed by atoms with E-state index in [0.29, 0.717) is 37.6 Å². The number of hydrogen-bond donors (Lipinski definition) is 0. The number of rotatable bonds is 6. The molecule has 1 saturated heterocycles. The Kier molecular flexibility index (Phi) is 6.68. The van der Waals surface area contributed by atoms with E-state index >= 15 is 0 Å². The molecule has 1 atom stereocenters. The van der Waals surface area contributed by atoms with E-state index in [0.717, 1.165) is 16.7 Å². The third-order valence-electron chi connectivity index (χ3n) is 6.03. The molecule has 0 radical (unpaired) electrons. The summed E-state index contributed by atoms with van der Waals surface area (Å²) in [7, 11) is 3.69. The van der Waals surface area contributed by atoms with Gasteiger partial charge in [0.2, 0.25) is 11.9 Å². The first-order valence-corrected chi connectivity index (χ1v) is 11.2. The molecule has 0 spiro atoms. The first-order chi connectivity index (χ1) is 16.0. The molecule has 3 aromatic rings. The third kappa shape index (κ3) is 4.72. The Morgan fingerprint density at radius 1 is 1.00 bits per heavy atom. The quantitative estimate of drug-likeness (QED) is 0.586. The summed E-state index contributed by atoms with van der Waals surface area (Å²) < 4.78 is 0. The van der Waals surface area contributed by atoms with Crippen molar-refractivity contribution in [2.75, 3.05) is 38.6 Å². The van der Waals surface area contributed by atoms with Gasteiger partial charge in [-0.2, -0.15) is 0 Å². The van der Waals surface area contributed by atoms with Gasteiger partial charge in [-0.3, -0.25) is 9.59 Å². The molecule has 2 heterocycles. The first kappa shape index (κ1) is 22.5. The van der Waals surface area contributed by atoms with Gasteiger partial charge in [-0.25, -0.2) is 9.97 Å². The van der Waals surface area contributed by atoms with Crippen molar-refractivity contribution in [2.24, 2.45) is 0 Å². The van der Waals surface area contributed by atoms with Crippen molar-refractivity contribution in [3.05, 3.63) is 78.1 Å². The summed E-state index contributed by atoms with van der Waals surface area (Å²) in [6, 6.07) is 17.6. The van der Waals surface area contributed by atoms with Gasteiger partial charge in [0, 0.05) is 52.5 Å². The zero-order valence-electron chi connectivity index (χ0n) is 19.3. The molecule has 7 heteroatoms.